The van der Waals surface area contributed by atoms with Crippen molar-refractivity contribution in [2.24, 2.45) is 0 Å². The molecule has 1 aromatic rings. The van der Waals surface area contributed by atoms with Gasteiger partial charge in [-0.2, -0.15) is 0 Å². The molecule has 28 heavy (non-hydrogen) atoms. The number of likely N-dealkylation sites (tertiary alicyclic amines) is 1. The molecular formula is C22H32N2O4. The van der Waals surface area contributed by atoms with Gasteiger partial charge in [-0.3, -0.25) is 4.79 Å². The Hall–Kier alpha value is -2.24. The lowest BCUT2D eigenvalue weighted by Gasteiger charge is -2.28. The second kappa shape index (κ2) is 8.84. The normalized spacial score (nSPS) is 19.5. The van der Waals surface area contributed by atoms with Gasteiger partial charge in [-0.15, -0.1) is 0 Å². The molecular weight excluding hydrogens is 356 g/mol. The van der Waals surface area contributed by atoms with Gasteiger partial charge in [0.05, 0.1) is 0 Å². The van der Waals surface area contributed by atoms with Crippen LogP contribution in [0.15, 0.2) is 18.2 Å². The van der Waals surface area contributed by atoms with Crippen LogP contribution in [-0.4, -0.2) is 48.2 Å². The third-order valence-electron chi connectivity index (χ3n) is 5.20. The highest BCUT2D eigenvalue weighted by Gasteiger charge is 2.24. The molecule has 1 heterocycles. The Morgan fingerprint density at radius 2 is 1.89 bits per heavy atom. The number of amides is 2. The quantitative estimate of drug-likeness (QED) is 0.858. The van der Waals surface area contributed by atoms with E-state index in [-0.39, 0.29) is 24.6 Å². The van der Waals surface area contributed by atoms with E-state index in [9.17, 15) is 9.59 Å². The maximum Gasteiger partial charge on any atom is 0.407 e. The summed E-state index contributed by atoms with van der Waals surface area (Å²) in [6.45, 7) is 7.33. The highest BCUT2D eigenvalue weighted by Crippen LogP contribution is 2.26. The topological polar surface area (TPSA) is 67.9 Å². The van der Waals surface area contributed by atoms with Crippen LogP contribution in [0.5, 0.6) is 5.75 Å². The predicted molar refractivity (Wildman–Crippen MR) is 108 cm³/mol. The predicted octanol–water partition coefficient (Wildman–Crippen LogP) is 3.46. The van der Waals surface area contributed by atoms with Crippen LogP contribution in [0, 0.1) is 0 Å². The van der Waals surface area contributed by atoms with Gasteiger partial charge in [0, 0.05) is 19.1 Å². The van der Waals surface area contributed by atoms with E-state index >= 15 is 0 Å². The zero-order valence-corrected chi connectivity index (χ0v) is 17.3. The molecule has 1 aromatic carbocycles. The largest absolute Gasteiger partial charge is 0.484 e. The third-order valence-corrected chi connectivity index (χ3v) is 5.20. The van der Waals surface area contributed by atoms with Crippen molar-refractivity contribution < 1.29 is 19.1 Å². The van der Waals surface area contributed by atoms with Crippen molar-refractivity contribution in [2.75, 3.05) is 19.7 Å². The van der Waals surface area contributed by atoms with Gasteiger partial charge in [-0.05, 0) is 82.6 Å². The number of fused-ring (bicyclic) bond motifs is 1. The molecule has 1 atom stereocenters. The van der Waals surface area contributed by atoms with E-state index in [1.54, 1.807) is 0 Å². The van der Waals surface area contributed by atoms with E-state index in [0.717, 1.165) is 50.8 Å². The van der Waals surface area contributed by atoms with Gasteiger partial charge in [0.2, 0.25) is 0 Å². The number of alkyl carbamates (subject to hydrolysis) is 1. The highest BCUT2D eigenvalue weighted by atomic mass is 16.6. The second-order valence-electron chi connectivity index (χ2n) is 8.75. The van der Waals surface area contributed by atoms with Crippen LogP contribution in [0.25, 0.3) is 0 Å². The number of hydrogen-bond acceptors (Lipinski definition) is 4. The van der Waals surface area contributed by atoms with E-state index in [4.69, 9.17) is 9.47 Å². The van der Waals surface area contributed by atoms with Gasteiger partial charge in [0.1, 0.15) is 11.4 Å². The van der Waals surface area contributed by atoms with Crippen molar-refractivity contribution in [3.05, 3.63) is 29.3 Å². The number of hydrogen-bond donors (Lipinski definition) is 1. The SMILES string of the molecule is CC(C)(C)OC(=O)NC1CCc2ccc(OCC(=O)N3CCCCC3)cc2C1. The number of piperidine rings is 1. The van der Waals surface area contributed by atoms with Crippen LogP contribution < -0.4 is 10.1 Å². The Kier molecular flexibility index (Phi) is 6.47. The van der Waals surface area contributed by atoms with E-state index in [1.807, 2.05) is 37.8 Å². The lowest BCUT2D eigenvalue weighted by molar-refractivity contribution is -0.134. The molecule has 3 rings (SSSR count). The van der Waals surface area contributed by atoms with E-state index in [2.05, 4.69) is 11.4 Å². The van der Waals surface area contributed by atoms with Crippen LogP contribution in [0.3, 0.4) is 0 Å². The fourth-order valence-corrected chi connectivity index (χ4v) is 3.80. The molecule has 0 bridgehead atoms. The first-order valence-corrected chi connectivity index (χ1v) is 10.3. The summed E-state index contributed by atoms with van der Waals surface area (Å²) in [6, 6.07) is 6.05. The molecule has 6 heteroatoms. The summed E-state index contributed by atoms with van der Waals surface area (Å²) in [5.74, 6) is 0.768. The number of nitrogens with one attached hydrogen (secondary N) is 1. The Morgan fingerprint density at radius 3 is 2.61 bits per heavy atom. The molecule has 1 saturated heterocycles. The molecule has 2 aliphatic rings. The van der Waals surface area contributed by atoms with E-state index in [0.29, 0.717) is 5.75 Å². The molecule has 1 aliphatic carbocycles. The summed E-state index contributed by atoms with van der Waals surface area (Å²) < 4.78 is 11.1. The fraction of sp³-hybridized carbons (Fsp3) is 0.636. The second-order valence-corrected chi connectivity index (χ2v) is 8.75. The molecule has 1 fully saturated rings. The minimum Gasteiger partial charge on any atom is -0.484 e. The maximum atomic E-state index is 12.3. The van der Waals surface area contributed by atoms with Crippen molar-refractivity contribution in [1.82, 2.24) is 10.2 Å². The van der Waals surface area contributed by atoms with Crippen LogP contribution >= 0.6 is 0 Å². The third kappa shape index (κ3) is 5.88. The van der Waals surface area contributed by atoms with Gasteiger partial charge >= 0.3 is 6.09 Å². The summed E-state index contributed by atoms with van der Waals surface area (Å²) in [5, 5.41) is 2.97. The van der Waals surface area contributed by atoms with Crippen LogP contribution in [0.1, 0.15) is 57.6 Å². The molecule has 0 spiro atoms. The van der Waals surface area contributed by atoms with Crippen molar-refractivity contribution in [3.8, 4) is 5.75 Å². The minimum atomic E-state index is -0.501. The molecule has 1 unspecified atom stereocenters. The van der Waals surface area contributed by atoms with Gasteiger partial charge in [-0.25, -0.2) is 4.79 Å². The Morgan fingerprint density at radius 1 is 1.14 bits per heavy atom. The number of carbonyl (C=O) groups excluding carboxylic acids is 2. The summed E-state index contributed by atoms with van der Waals surface area (Å²) in [5.41, 5.74) is 1.94. The van der Waals surface area contributed by atoms with Crippen LogP contribution in [0.2, 0.25) is 0 Å². The molecule has 0 aromatic heterocycles. The number of aryl methyl sites for hydroxylation is 1. The number of rotatable bonds is 4. The first kappa shape index (κ1) is 20.5. The smallest absolute Gasteiger partial charge is 0.407 e. The van der Waals surface area contributed by atoms with Crippen molar-refractivity contribution in [2.45, 2.75) is 70.9 Å². The van der Waals surface area contributed by atoms with Crippen molar-refractivity contribution in [1.29, 1.82) is 0 Å². The number of carbonyl (C=O) groups is 2. The lowest BCUT2D eigenvalue weighted by atomic mass is 9.88. The summed E-state index contributed by atoms with van der Waals surface area (Å²) in [4.78, 5) is 26.2. The Bertz CT molecular complexity index is 705. The van der Waals surface area contributed by atoms with Gasteiger partial charge in [0.25, 0.3) is 5.91 Å². The van der Waals surface area contributed by atoms with Crippen LogP contribution in [0.4, 0.5) is 4.79 Å². The summed E-state index contributed by atoms with van der Waals surface area (Å²) >= 11 is 0. The molecule has 1 aliphatic heterocycles. The van der Waals surface area contributed by atoms with E-state index in [1.165, 1.54) is 12.0 Å². The summed E-state index contributed by atoms with van der Waals surface area (Å²) in [7, 11) is 0. The molecule has 1 N–H and O–H groups in total. The fourth-order valence-electron chi connectivity index (χ4n) is 3.80. The van der Waals surface area contributed by atoms with Gasteiger partial charge < -0.3 is 19.7 Å². The number of nitrogens with zero attached hydrogens (tertiary/aromatic N) is 1. The average Bonchev–Trinajstić information content (AvgIpc) is 2.65. The van der Waals surface area contributed by atoms with Gasteiger partial charge in [-0.1, -0.05) is 6.07 Å². The van der Waals surface area contributed by atoms with Gasteiger partial charge in [0.15, 0.2) is 6.61 Å². The molecule has 2 amide bonds. The van der Waals surface area contributed by atoms with Crippen LogP contribution in [-0.2, 0) is 22.4 Å². The zero-order chi connectivity index (χ0) is 20.1. The minimum absolute atomic E-state index is 0.0487. The Balaban J connectivity index is 1.54. The summed E-state index contributed by atoms with van der Waals surface area (Å²) in [6.07, 6.45) is 5.52. The first-order valence-electron chi connectivity index (χ1n) is 10.3. The monoisotopic (exact) mass is 388 g/mol. The van der Waals surface area contributed by atoms with E-state index < -0.39 is 5.60 Å². The average molecular weight is 389 g/mol. The zero-order valence-electron chi connectivity index (χ0n) is 17.3. The van der Waals surface area contributed by atoms with Crippen molar-refractivity contribution in [3.63, 3.8) is 0 Å². The first-order chi connectivity index (χ1) is 13.3. The number of ether oxygens (including phenoxy) is 2. The highest BCUT2D eigenvalue weighted by molar-refractivity contribution is 5.77. The molecule has 6 nitrogen and oxygen atoms in total. The standard InChI is InChI=1S/C22H32N2O4/c1-22(2,3)28-21(26)23-18-9-7-16-8-10-19(14-17(16)13-18)27-15-20(25)24-11-5-4-6-12-24/h8,10,14,18H,4-7,9,11-13,15H2,1-3H3,(H,23,26). The Labute approximate surface area is 167 Å². The maximum absolute atomic E-state index is 12.3. The number of benzene rings is 1. The lowest BCUT2D eigenvalue weighted by Crippen LogP contribution is -2.41. The molecule has 0 radical (unpaired) electrons. The molecule has 0 saturated carbocycles. The van der Waals surface area contributed by atoms with Crippen molar-refractivity contribution >= 4 is 12.0 Å². The molecule has 154 valence electrons.